The van der Waals surface area contributed by atoms with E-state index >= 15 is 0 Å². The van der Waals surface area contributed by atoms with Gasteiger partial charge < -0.3 is 19.1 Å². The molecule has 0 saturated carbocycles. The third kappa shape index (κ3) is 3.44. The van der Waals surface area contributed by atoms with E-state index in [1.807, 2.05) is 12.1 Å². The summed E-state index contributed by atoms with van der Waals surface area (Å²) in [6, 6.07) is 5.18. The maximum absolute atomic E-state index is 12.5. The number of likely N-dealkylation sites (tertiary alicyclic amines) is 1. The van der Waals surface area contributed by atoms with Crippen LogP contribution in [0.4, 0.5) is 0 Å². The van der Waals surface area contributed by atoms with Crippen molar-refractivity contribution in [2.75, 3.05) is 21.3 Å². The fourth-order valence-electron chi connectivity index (χ4n) is 2.92. The number of esters is 1. The van der Waals surface area contributed by atoms with Crippen LogP contribution < -0.4 is 9.47 Å². The molecule has 0 aliphatic carbocycles. The van der Waals surface area contributed by atoms with Crippen molar-refractivity contribution in [3.05, 3.63) is 48.0 Å². The zero-order valence-electron chi connectivity index (χ0n) is 14.7. The van der Waals surface area contributed by atoms with E-state index < -0.39 is 12.1 Å². The Morgan fingerprint density at radius 2 is 1.73 bits per heavy atom. The fourth-order valence-corrected chi connectivity index (χ4v) is 2.92. The maximum atomic E-state index is 12.5. The lowest BCUT2D eigenvalue weighted by Gasteiger charge is -2.20. The molecule has 1 saturated heterocycles. The second-order valence-electron chi connectivity index (χ2n) is 5.87. The van der Waals surface area contributed by atoms with Crippen molar-refractivity contribution in [3.63, 3.8) is 0 Å². The van der Waals surface area contributed by atoms with Gasteiger partial charge in [0.2, 0.25) is 0 Å². The first kappa shape index (κ1) is 17.7. The first-order valence-electron chi connectivity index (χ1n) is 7.99. The van der Waals surface area contributed by atoms with Crippen LogP contribution in [0.15, 0.2) is 36.9 Å². The minimum atomic E-state index is -0.866. The molecule has 1 aliphatic heterocycles. The third-order valence-electron chi connectivity index (χ3n) is 4.33. The number of carbonyl (C=O) groups excluding carboxylic acids is 2. The SMILES string of the molecule is COc1cc(OC)cc(C2CC(OC(=O)c3cncnc3)C(=O)N2C)c1. The number of hydrogen-bond donors (Lipinski definition) is 0. The third-order valence-corrected chi connectivity index (χ3v) is 4.33. The molecular formula is C18H19N3O5. The lowest BCUT2D eigenvalue weighted by molar-refractivity contribution is -0.134. The van der Waals surface area contributed by atoms with Crippen LogP contribution in [0.1, 0.15) is 28.4 Å². The van der Waals surface area contributed by atoms with Crippen molar-refractivity contribution >= 4 is 11.9 Å². The van der Waals surface area contributed by atoms with Crippen LogP contribution in [-0.2, 0) is 9.53 Å². The van der Waals surface area contributed by atoms with Crippen molar-refractivity contribution in [1.29, 1.82) is 0 Å². The summed E-state index contributed by atoms with van der Waals surface area (Å²) in [5, 5.41) is 0. The average Bonchev–Trinajstić information content (AvgIpc) is 2.96. The van der Waals surface area contributed by atoms with Gasteiger partial charge in [0, 0.05) is 31.9 Å². The Hall–Kier alpha value is -3.16. The van der Waals surface area contributed by atoms with Gasteiger partial charge in [-0.25, -0.2) is 14.8 Å². The highest BCUT2D eigenvalue weighted by Gasteiger charge is 2.41. The van der Waals surface area contributed by atoms with Gasteiger partial charge in [0.05, 0.1) is 25.8 Å². The number of benzene rings is 1. The fraction of sp³-hybridized carbons (Fsp3) is 0.333. The smallest absolute Gasteiger partial charge is 0.342 e. The average molecular weight is 357 g/mol. The molecule has 0 N–H and O–H groups in total. The number of ether oxygens (including phenoxy) is 3. The van der Waals surface area contributed by atoms with E-state index in [1.54, 1.807) is 32.2 Å². The second kappa shape index (κ2) is 7.38. The Morgan fingerprint density at radius 3 is 2.31 bits per heavy atom. The molecule has 2 unspecified atom stereocenters. The molecule has 8 heteroatoms. The molecule has 2 aromatic rings. The number of nitrogens with zero attached hydrogens (tertiary/aromatic N) is 3. The van der Waals surface area contributed by atoms with E-state index in [-0.39, 0.29) is 17.5 Å². The van der Waals surface area contributed by atoms with Crippen molar-refractivity contribution < 1.29 is 23.8 Å². The van der Waals surface area contributed by atoms with Crippen LogP contribution in [0, 0.1) is 0 Å². The molecule has 136 valence electrons. The highest BCUT2D eigenvalue weighted by Crippen LogP contribution is 2.36. The molecule has 3 rings (SSSR count). The lowest BCUT2D eigenvalue weighted by atomic mass is 10.0. The molecule has 2 heterocycles. The number of amides is 1. The van der Waals surface area contributed by atoms with Gasteiger partial charge in [-0.15, -0.1) is 0 Å². The molecule has 1 aromatic carbocycles. The Balaban J connectivity index is 1.80. The van der Waals surface area contributed by atoms with Crippen molar-refractivity contribution in [2.24, 2.45) is 0 Å². The first-order chi connectivity index (χ1) is 12.5. The predicted molar refractivity (Wildman–Crippen MR) is 90.9 cm³/mol. The van der Waals surface area contributed by atoms with Crippen LogP contribution in [-0.4, -0.2) is 54.1 Å². The number of rotatable bonds is 5. The van der Waals surface area contributed by atoms with Gasteiger partial charge in [-0.3, -0.25) is 4.79 Å². The van der Waals surface area contributed by atoms with Crippen LogP contribution >= 0.6 is 0 Å². The van der Waals surface area contributed by atoms with Gasteiger partial charge in [0.15, 0.2) is 6.10 Å². The van der Waals surface area contributed by atoms with Crippen LogP contribution in [0.5, 0.6) is 11.5 Å². The molecule has 1 aliphatic rings. The molecule has 0 radical (unpaired) electrons. The summed E-state index contributed by atoms with van der Waals surface area (Å²) < 4.78 is 15.9. The van der Waals surface area contributed by atoms with Crippen molar-refractivity contribution in [1.82, 2.24) is 14.9 Å². The van der Waals surface area contributed by atoms with E-state index in [0.29, 0.717) is 17.9 Å². The van der Waals surface area contributed by atoms with Gasteiger partial charge in [0.1, 0.15) is 17.8 Å². The number of likely N-dealkylation sites (N-methyl/N-ethyl adjacent to an activating group) is 1. The summed E-state index contributed by atoms with van der Waals surface area (Å²) in [6.07, 6.45) is 3.49. The highest BCUT2D eigenvalue weighted by molar-refractivity contribution is 5.92. The van der Waals surface area contributed by atoms with Gasteiger partial charge in [-0.1, -0.05) is 0 Å². The Labute approximate surface area is 150 Å². The van der Waals surface area contributed by atoms with Gasteiger partial charge >= 0.3 is 5.97 Å². The molecule has 1 amide bonds. The quantitative estimate of drug-likeness (QED) is 0.751. The molecule has 0 spiro atoms. The van der Waals surface area contributed by atoms with Crippen molar-refractivity contribution in [3.8, 4) is 11.5 Å². The highest BCUT2D eigenvalue weighted by atomic mass is 16.5. The zero-order valence-corrected chi connectivity index (χ0v) is 14.7. The minimum absolute atomic E-state index is 0.203. The monoisotopic (exact) mass is 357 g/mol. The van der Waals surface area contributed by atoms with E-state index in [0.717, 1.165) is 5.56 Å². The van der Waals surface area contributed by atoms with E-state index in [2.05, 4.69) is 9.97 Å². The molecule has 2 atom stereocenters. The van der Waals surface area contributed by atoms with Gasteiger partial charge in [-0.2, -0.15) is 0 Å². The first-order valence-corrected chi connectivity index (χ1v) is 7.99. The molecular weight excluding hydrogens is 338 g/mol. The zero-order chi connectivity index (χ0) is 18.7. The molecule has 26 heavy (non-hydrogen) atoms. The van der Waals surface area contributed by atoms with Gasteiger partial charge in [0.25, 0.3) is 5.91 Å². The number of methoxy groups -OCH3 is 2. The van der Waals surface area contributed by atoms with Crippen LogP contribution in [0.3, 0.4) is 0 Å². The summed E-state index contributed by atoms with van der Waals surface area (Å²) in [4.78, 5) is 33.8. The topological polar surface area (TPSA) is 90.9 Å². The Morgan fingerprint density at radius 1 is 1.12 bits per heavy atom. The normalized spacial score (nSPS) is 19.3. The number of carbonyl (C=O) groups is 2. The van der Waals surface area contributed by atoms with Crippen LogP contribution in [0.25, 0.3) is 0 Å². The van der Waals surface area contributed by atoms with E-state index in [1.165, 1.54) is 18.7 Å². The lowest BCUT2D eigenvalue weighted by Crippen LogP contribution is -2.30. The van der Waals surface area contributed by atoms with Crippen LogP contribution in [0.2, 0.25) is 0 Å². The number of aromatic nitrogens is 2. The molecule has 1 fully saturated rings. The Kier molecular flexibility index (Phi) is 5.01. The summed E-state index contributed by atoms with van der Waals surface area (Å²) in [7, 11) is 4.81. The minimum Gasteiger partial charge on any atom is -0.497 e. The molecule has 1 aromatic heterocycles. The van der Waals surface area contributed by atoms with E-state index in [4.69, 9.17) is 14.2 Å². The van der Waals surface area contributed by atoms with E-state index in [9.17, 15) is 9.59 Å². The Bertz CT molecular complexity index is 789. The molecule has 0 bridgehead atoms. The number of hydrogen-bond acceptors (Lipinski definition) is 7. The van der Waals surface area contributed by atoms with Crippen molar-refractivity contribution in [2.45, 2.75) is 18.6 Å². The second-order valence-corrected chi connectivity index (χ2v) is 5.87. The maximum Gasteiger partial charge on any atom is 0.342 e. The predicted octanol–water partition coefficient (Wildman–Crippen LogP) is 1.62. The summed E-state index contributed by atoms with van der Waals surface area (Å²) in [6.45, 7) is 0. The standard InChI is InChI=1S/C18H19N3O5/c1-21-15(11-4-13(24-2)6-14(5-11)25-3)7-16(17(21)22)26-18(23)12-8-19-10-20-9-12/h4-6,8-10,15-16H,7H2,1-3H3. The van der Waals surface area contributed by atoms with Gasteiger partial charge in [-0.05, 0) is 17.7 Å². The summed E-state index contributed by atoms with van der Waals surface area (Å²) in [5.41, 5.74) is 1.05. The summed E-state index contributed by atoms with van der Waals surface area (Å²) >= 11 is 0. The summed E-state index contributed by atoms with van der Waals surface area (Å²) in [5.74, 6) is 0.368. The molecule has 8 nitrogen and oxygen atoms in total. The largest absolute Gasteiger partial charge is 0.497 e.